The van der Waals surface area contributed by atoms with Gasteiger partial charge in [0, 0.05) is 6.92 Å². The van der Waals surface area contributed by atoms with Gasteiger partial charge >= 0.3 is 5.97 Å². The van der Waals surface area contributed by atoms with Gasteiger partial charge in [-0.2, -0.15) is 5.10 Å². The Morgan fingerprint density at radius 1 is 1.33 bits per heavy atom. The molecule has 0 saturated carbocycles. The molecule has 0 aliphatic heterocycles. The molecular formula is C12H14N2O4. The average Bonchev–Trinajstić information content (AvgIpc) is 2.37. The van der Waals surface area contributed by atoms with Crippen LogP contribution in [0.1, 0.15) is 12.5 Å². The number of hydrazone groups is 1. The summed E-state index contributed by atoms with van der Waals surface area (Å²) >= 11 is 0. The third-order valence-electron chi connectivity index (χ3n) is 1.90. The van der Waals surface area contributed by atoms with E-state index in [9.17, 15) is 9.59 Å². The molecule has 0 radical (unpaired) electrons. The fourth-order valence-electron chi connectivity index (χ4n) is 1.05. The lowest BCUT2D eigenvalue weighted by Gasteiger charge is -2.04. The molecule has 0 aromatic heterocycles. The van der Waals surface area contributed by atoms with Crippen LogP contribution in [-0.2, 0) is 14.3 Å². The van der Waals surface area contributed by atoms with Crippen LogP contribution >= 0.6 is 0 Å². The predicted octanol–water partition coefficient (Wildman–Crippen LogP) is 0.708. The van der Waals surface area contributed by atoms with Crippen molar-refractivity contribution in [3.05, 3.63) is 29.8 Å². The summed E-state index contributed by atoms with van der Waals surface area (Å²) in [6.45, 7) is 1.25. The van der Waals surface area contributed by atoms with Crippen LogP contribution in [0.2, 0.25) is 0 Å². The van der Waals surface area contributed by atoms with Gasteiger partial charge in [-0.05, 0) is 29.8 Å². The van der Waals surface area contributed by atoms with Crippen molar-refractivity contribution in [1.82, 2.24) is 5.43 Å². The van der Waals surface area contributed by atoms with Crippen molar-refractivity contribution in [3.63, 3.8) is 0 Å². The van der Waals surface area contributed by atoms with E-state index in [-0.39, 0.29) is 12.5 Å². The fourth-order valence-corrected chi connectivity index (χ4v) is 1.05. The Kier molecular flexibility index (Phi) is 5.37. The van der Waals surface area contributed by atoms with Gasteiger partial charge in [-0.25, -0.2) is 10.2 Å². The van der Waals surface area contributed by atoms with Gasteiger partial charge in [-0.3, -0.25) is 4.79 Å². The molecule has 1 aromatic carbocycles. The minimum absolute atomic E-state index is 0.129. The summed E-state index contributed by atoms with van der Waals surface area (Å²) in [5.74, 6) is -0.118. The van der Waals surface area contributed by atoms with Crippen molar-refractivity contribution < 1.29 is 19.1 Å². The van der Waals surface area contributed by atoms with E-state index in [1.54, 1.807) is 24.3 Å². The van der Waals surface area contributed by atoms with E-state index < -0.39 is 5.97 Å². The Morgan fingerprint density at radius 2 is 2.00 bits per heavy atom. The molecule has 6 nitrogen and oxygen atoms in total. The van der Waals surface area contributed by atoms with E-state index in [0.717, 1.165) is 5.56 Å². The molecule has 6 heteroatoms. The molecule has 0 atom stereocenters. The highest BCUT2D eigenvalue weighted by molar-refractivity contribution is 5.81. The molecule has 0 unspecified atom stereocenters. The normalized spacial score (nSPS) is 10.1. The number of hydrogen-bond acceptors (Lipinski definition) is 5. The molecule has 0 spiro atoms. The summed E-state index contributed by atoms with van der Waals surface area (Å²) in [6.07, 6.45) is 1.51. The fraction of sp³-hybridized carbons (Fsp3) is 0.250. The van der Waals surface area contributed by atoms with Crippen LogP contribution in [0.5, 0.6) is 5.75 Å². The molecule has 0 heterocycles. The summed E-state index contributed by atoms with van der Waals surface area (Å²) < 4.78 is 9.61. The first-order chi connectivity index (χ1) is 8.61. The molecule has 1 amide bonds. The number of hydrogen-bond donors (Lipinski definition) is 1. The summed E-state index contributed by atoms with van der Waals surface area (Å²) in [7, 11) is 1.30. The van der Waals surface area contributed by atoms with Gasteiger partial charge < -0.3 is 9.47 Å². The maximum absolute atomic E-state index is 10.8. The number of ether oxygens (including phenoxy) is 2. The molecule has 0 aliphatic rings. The van der Waals surface area contributed by atoms with Crippen LogP contribution in [-0.4, -0.2) is 31.8 Å². The molecule has 0 bridgehead atoms. The van der Waals surface area contributed by atoms with Crippen molar-refractivity contribution in [2.24, 2.45) is 5.10 Å². The van der Waals surface area contributed by atoms with Gasteiger partial charge in [-0.15, -0.1) is 0 Å². The highest BCUT2D eigenvalue weighted by Crippen LogP contribution is 2.10. The largest absolute Gasteiger partial charge is 0.482 e. The quantitative estimate of drug-likeness (QED) is 0.474. The van der Waals surface area contributed by atoms with Gasteiger partial charge in [-0.1, -0.05) is 0 Å². The number of esters is 1. The van der Waals surface area contributed by atoms with Gasteiger partial charge in [0.2, 0.25) is 5.91 Å². The van der Waals surface area contributed by atoms with Gasteiger partial charge in [0.05, 0.1) is 13.3 Å². The number of nitrogens with one attached hydrogen (secondary N) is 1. The lowest BCUT2D eigenvalue weighted by atomic mass is 10.2. The SMILES string of the molecule is COC(=O)COc1ccc(/C=N/NC(C)=O)cc1. The molecule has 0 fully saturated rings. The number of carbonyl (C=O) groups is 2. The topological polar surface area (TPSA) is 77.0 Å². The minimum Gasteiger partial charge on any atom is -0.482 e. The van der Waals surface area contributed by atoms with Crippen LogP contribution in [0.15, 0.2) is 29.4 Å². The molecule has 1 rings (SSSR count). The number of amides is 1. The second-order valence-corrected chi connectivity index (χ2v) is 3.36. The van der Waals surface area contributed by atoms with Crippen molar-refractivity contribution >= 4 is 18.1 Å². The molecule has 1 N–H and O–H groups in total. The number of benzene rings is 1. The van der Waals surface area contributed by atoms with Crippen LogP contribution in [0, 0.1) is 0 Å². The number of nitrogens with zero attached hydrogens (tertiary/aromatic N) is 1. The Balaban J connectivity index is 2.49. The highest BCUT2D eigenvalue weighted by Gasteiger charge is 2.01. The number of rotatable bonds is 5. The second-order valence-electron chi connectivity index (χ2n) is 3.36. The van der Waals surface area contributed by atoms with Crippen molar-refractivity contribution in [2.75, 3.05) is 13.7 Å². The summed E-state index contributed by atoms with van der Waals surface area (Å²) in [6, 6.07) is 6.88. The maximum Gasteiger partial charge on any atom is 0.343 e. The van der Waals surface area contributed by atoms with Crippen molar-refractivity contribution in [2.45, 2.75) is 6.92 Å². The monoisotopic (exact) mass is 250 g/mol. The summed E-state index contributed by atoms with van der Waals surface area (Å²) in [5, 5.41) is 3.72. The number of carbonyl (C=O) groups excluding carboxylic acids is 2. The Labute approximate surface area is 105 Å². The van der Waals surface area contributed by atoms with E-state index in [0.29, 0.717) is 5.75 Å². The van der Waals surface area contributed by atoms with Crippen LogP contribution < -0.4 is 10.2 Å². The van der Waals surface area contributed by atoms with Gasteiger partial charge in [0.15, 0.2) is 6.61 Å². The zero-order valence-electron chi connectivity index (χ0n) is 10.2. The standard InChI is InChI=1S/C12H14N2O4/c1-9(15)14-13-7-10-3-5-11(6-4-10)18-8-12(16)17-2/h3-7H,8H2,1-2H3,(H,14,15)/b13-7+. The van der Waals surface area contributed by atoms with Gasteiger partial charge in [0.1, 0.15) is 5.75 Å². The van der Waals surface area contributed by atoms with E-state index in [4.69, 9.17) is 4.74 Å². The highest BCUT2D eigenvalue weighted by atomic mass is 16.6. The van der Waals surface area contributed by atoms with Gasteiger partial charge in [0.25, 0.3) is 0 Å². The van der Waals surface area contributed by atoms with Crippen LogP contribution in [0.4, 0.5) is 0 Å². The summed E-state index contributed by atoms with van der Waals surface area (Å²) in [4.78, 5) is 21.4. The predicted molar refractivity (Wildman–Crippen MR) is 65.4 cm³/mol. The molecule has 0 saturated heterocycles. The molecule has 96 valence electrons. The Bertz CT molecular complexity index is 440. The van der Waals surface area contributed by atoms with E-state index in [1.165, 1.54) is 20.2 Å². The lowest BCUT2D eigenvalue weighted by Crippen LogP contribution is -2.12. The summed E-state index contributed by atoms with van der Waals surface area (Å²) in [5.41, 5.74) is 3.09. The zero-order valence-corrected chi connectivity index (χ0v) is 10.2. The first kappa shape index (κ1) is 13.7. The first-order valence-electron chi connectivity index (χ1n) is 5.21. The Morgan fingerprint density at radius 3 is 2.56 bits per heavy atom. The van der Waals surface area contributed by atoms with Crippen molar-refractivity contribution in [3.8, 4) is 5.75 Å². The smallest absolute Gasteiger partial charge is 0.343 e. The van der Waals surface area contributed by atoms with E-state index in [2.05, 4.69) is 15.3 Å². The van der Waals surface area contributed by atoms with Crippen LogP contribution in [0.25, 0.3) is 0 Å². The second kappa shape index (κ2) is 7.05. The minimum atomic E-state index is -0.439. The van der Waals surface area contributed by atoms with Crippen molar-refractivity contribution in [1.29, 1.82) is 0 Å². The molecular weight excluding hydrogens is 236 g/mol. The van der Waals surface area contributed by atoms with E-state index >= 15 is 0 Å². The Hall–Kier alpha value is -2.37. The molecule has 18 heavy (non-hydrogen) atoms. The zero-order chi connectivity index (χ0) is 13.4. The average molecular weight is 250 g/mol. The first-order valence-corrected chi connectivity index (χ1v) is 5.21. The third-order valence-corrected chi connectivity index (χ3v) is 1.90. The maximum atomic E-state index is 10.8. The molecule has 1 aromatic rings. The van der Waals surface area contributed by atoms with Crippen LogP contribution in [0.3, 0.4) is 0 Å². The number of methoxy groups -OCH3 is 1. The van der Waals surface area contributed by atoms with E-state index in [1.807, 2.05) is 0 Å². The lowest BCUT2D eigenvalue weighted by molar-refractivity contribution is -0.142. The molecule has 0 aliphatic carbocycles. The third kappa shape index (κ3) is 5.11.